The number of nitrogens with zero attached hydrogens (tertiary/aromatic N) is 1. The maximum atomic E-state index is 11.0. The number of allylic oxidation sites excluding steroid dienone is 2. The number of ketones is 1. The molecule has 0 aromatic carbocycles. The van der Waals surface area contributed by atoms with E-state index in [1.165, 1.54) is 0 Å². The van der Waals surface area contributed by atoms with Gasteiger partial charge in [0.15, 0.2) is 17.3 Å². The maximum absolute atomic E-state index is 11.0. The summed E-state index contributed by atoms with van der Waals surface area (Å²) in [4.78, 5) is 15.4. The van der Waals surface area contributed by atoms with Crippen molar-refractivity contribution in [1.29, 1.82) is 0 Å². The lowest BCUT2D eigenvalue weighted by molar-refractivity contribution is -0.110. The highest BCUT2D eigenvalue weighted by molar-refractivity contribution is 6.01. The standard InChI is InChI=1S/C12H15NO2/c1-11(2,3)10-13-8-12(15-10)6-4-9(14)5-7-12/h4-7H,8H2,1-3H3. The van der Waals surface area contributed by atoms with Gasteiger partial charge in [0.05, 0.1) is 6.54 Å². The van der Waals surface area contributed by atoms with Gasteiger partial charge in [-0.05, 0) is 24.3 Å². The summed E-state index contributed by atoms with van der Waals surface area (Å²) in [6.07, 6.45) is 6.66. The monoisotopic (exact) mass is 205 g/mol. The quantitative estimate of drug-likeness (QED) is 0.605. The van der Waals surface area contributed by atoms with Crippen LogP contribution in [0.2, 0.25) is 0 Å². The summed E-state index contributed by atoms with van der Waals surface area (Å²) >= 11 is 0. The Bertz CT molecular complexity index is 367. The summed E-state index contributed by atoms with van der Waals surface area (Å²) in [5, 5.41) is 0. The highest BCUT2D eigenvalue weighted by Gasteiger charge is 2.38. The first-order chi connectivity index (χ1) is 6.91. The average Bonchev–Trinajstić information content (AvgIpc) is 2.55. The second kappa shape index (κ2) is 3.05. The molecule has 0 fully saturated rings. The summed E-state index contributed by atoms with van der Waals surface area (Å²) in [5.41, 5.74) is -0.580. The molecular formula is C12H15NO2. The Morgan fingerprint density at radius 1 is 1.33 bits per heavy atom. The van der Waals surface area contributed by atoms with E-state index in [2.05, 4.69) is 25.8 Å². The third-order valence-electron chi connectivity index (χ3n) is 2.46. The van der Waals surface area contributed by atoms with Gasteiger partial charge in [-0.3, -0.25) is 9.79 Å². The normalized spacial score (nSPS) is 23.1. The van der Waals surface area contributed by atoms with Gasteiger partial charge in [-0.1, -0.05) is 20.8 Å². The van der Waals surface area contributed by atoms with E-state index in [1.807, 2.05) is 0 Å². The lowest BCUT2D eigenvalue weighted by Crippen LogP contribution is -2.33. The second-order valence-electron chi connectivity index (χ2n) is 5.00. The Kier molecular flexibility index (Phi) is 2.07. The topological polar surface area (TPSA) is 38.7 Å². The van der Waals surface area contributed by atoms with E-state index in [-0.39, 0.29) is 11.2 Å². The van der Waals surface area contributed by atoms with E-state index in [0.29, 0.717) is 6.54 Å². The van der Waals surface area contributed by atoms with Crippen LogP contribution in [0.3, 0.4) is 0 Å². The van der Waals surface area contributed by atoms with Crippen molar-refractivity contribution in [3.05, 3.63) is 24.3 Å². The summed E-state index contributed by atoms with van der Waals surface area (Å²) in [7, 11) is 0. The lowest BCUT2D eigenvalue weighted by Gasteiger charge is -2.26. The predicted octanol–water partition coefficient (Wildman–Crippen LogP) is 1.90. The van der Waals surface area contributed by atoms with Crippen LogP contribution in [0, 0.1) is 5.41 Å². The molecule has 0 aromatic rings. The van der Waals surface area contributed by atoms with Crippen LogP contribution < -0.4 is 0 Å². The summed E-state index contributed by atoms with van der Waals surface area (Å²) < 4.78 is 5.83. The molecule has 3 heteroatoms. The minimum absolute atomic E-state index is 0.00781. The molecule has 0 saturated carbocycles. The van der Waals surface area contributed by atoms with Crippen molar-refractivity contribution < 1.29 is 9.53 Å². The predicted molar refractivity (Wildman–Crippen MR) is 58.9 cm³/mol. The average molecular weight is 205 g/mol. The van der Waals surface area contributed by atoms with Gasteiger partial charge in [0, 0.05) is 5.41 Å². The molecule has 2 aliphatic rings. The molecule has 0 amide bonds. The molecule has 0 atom stereocenters. The Morgan fingerprint density at radius 3 is 2.40 bits per heavy atom. The molecular weight excluding hydrogens is 190 g/mol. The van der Waals surface area contributed by atoms with E-state index in [1.54, 1.807) is 24.3 Å². The third-order valence-corrected chi connectivity index (χ3v) is 2.46. The molecule has 15 heavy (non-hydrogen) atoms. The molecule has 0 unspecified atom stereocenters. The SMILES string of the molecule is CC(C)(C)C1=NCC2(C=CC(=O)C=C2)O1. The minimum atomic E-state index is -0.503. The Hall–Kier alpha value is -1.38. The zero-order valence-electron chi connectivity index (χ0n) is 9.28. The van der Waals surface area contributed by atoms with Gasteiger partial charge in [-0.25, -0.2) is 0 Å². The minimum Gasteiger partial charge on any atom is -0.464 e. The van der Waals surface area contributed by atoms with Crippen molar-refractivity contribution >= 4 is 11.7 Å². The van der Waals surface area contributed by atoms with Gasteiger partial charge < -0.3 is 4.74 Å². The summed E-state index contributed by atoms with van der Waals surface area (Å²) in [6.45, 7) is 6.75. The number of hydrogen-bond acceptors (Lipinski definition) is 3. The van der Waals surface area contributed by atoms with Crippen molar-refractivity contribution in [2.24, 2.45) is 10.4 Å². The largest absolute Gasteiger partial charge is 0.464 e. The van der Waals surface area contributed by atoms with Crippen molar-refractivity contribution in [1.82, 2.24) is 0 Å². The van der Waals surface area contributed by atoms with Crippen molar-refractivity contribution in [2.75, 3.05) is 6.54 Å². The number of carbonyl (C=O) groups is 1. The summed E-state index contributed by atoms with van der Waals surface area (Å²) in [6, 6.07) is 0. The van der Waals surface area contributed by atoms with Gasteiger partial charge in [0.2, 0.25) is 0 Å². The third kappa shape index (κ3) is 1.87. The molecule has 0 N–H and O–H groups in total. The Balaban J connectivity index is 2.17. The van der Waals surface area contributed by atoms with Gasteiger partial charge in [-0.2, -0.15) is 0 Å². The van der Waals surface area contributed by atoms with Crippen LogP contribution in [0.5, 0.6) is 0 Å². The zero-order valence-corrected chi connectivity index (χ0v) is 9.28. The van der Waals surface area contributed by atoms with E-state index < -0.39 is 5.60 Å². The Labute approximate surface area is 89.5 Å². The van der Waals surface area contributed by atoms with Crippen LogP contribution in [0.25, 0.3) is 0 Å². The molecule has 1 aliphatic heterocycles. The van der Waals surface area contributed by atoms with Crippen LogP contribution in [0.4, 0.5) is 0 Å². The molecule has 3 nitrogen and oxygen atoms in total. The van der Waals surface area contributed by atoms with E-state index in [9.17, 15) is 4.79 Å². The lowest BCUT2D eigenvalue weighted by atomic mass is 9.96. The smallest absolute Gasteiger partial charge is 0.190 e. The van der Waals surface area contributed by atoms with E-state index in [0.717, 1.165) is 5.90 Å². The molecule has 2 rings (SSSR count). The first-order valence-electron chi connectivity index (χ1n) is 5.08. The zero-order chi connectivity index (χ0) is 11.1. The fourth-order valence-corrected chi connectivity index (χ4v) is 1.56. The fraction of sp³-hybridized carbons (Fsp3) is 0.500. The summed E-state index contributed by atoms with van der Waals surface area (Å²) in [5.74, 6) is 0.764. The van der Waals surface area contributed by atoms with Crippen LogP contribution >= 0.6 is 0 Å². The number of hydrogen-bond donors (Lipinski definition) is 0. The van der Waals surface area contributed by atoms with Crippen LogP contribution in [0.15, 0.2) is 29.3 Å². The van der Waals surface area contributed by atoms with E-state index >= 15 is 0 Å². The first-order valence-corrected chi connectivity index (χ1v) is 5.08. The molecule has 0 radical (unpaired) electrons. The fourth-order valence-electron chi connectivity index (χ4n) is 1.56. The van der Waals surface area contributed by atoms with Crippen molar-refractivity contribution in [2.45, 2.75) is 26.4 Å². The maximum Gasteiger partial charge on any atom is 0.190 e. The highest BCUT2D eigenvalue weighted by atomic mass is 16.5. The molecule has 0 bridgehead atoms. The number of rotatable bonds is 0. The molecule has 1 aliphatic carbocycles. The van der Waals surface area contributed by atoms with Crippen molar-refractivity contribution in [3.63, 3.8) is 0 Å². The van der Waals surface area contributed by atoms with Crippen LogP contribution in [0.1, 0.15) is 20.8 Å². The molecule has 0 saturated heterocycles. The van der Waals surface area contributed by atoms with Gasteiger partial charge in [0.25, 0.3) is 0 Å². The molecule has 1 spiro atoms. The number of aliphatic imine (C=N–C) groups is 1. The second-order valence-corrected chi connectivity index (χ2v) is 5.00. The highest BCUT2D eigenvalue weighted by Crippen LogP contribution is 2.31. The van der Waals surface area contributed by atoms with E-state index in [4.69, 9.17) is 4.74 Å². The van der Waals surface area contributed by atoms with Gasteiger partial charge >= 0.3 is 0 Å². The van der Waals surface area contributed by atoms with Gasteiger partial charge in [0.1, 0.15) is 0 Å². The van der Waals surface area contributed by atoms with Crippen molar-refractivity contribution in [3.8, 4) is 0 Å². The molecule has 80 valence electrons. The number of ether oxygens (including phenoxy) is 1. The molecule has 0 aromatic heterocycles. The van der Waals surface area contributed by atoms with Crippen LogP contribution in [-0.4, -0.2) is 23.8 Å². The first kappa shape index (κ1) is 10.1. The molecule has 1 heterocycles. The Morgan fingerprint density at radius 2 is 1.93 bits per heavy atom. The van der Waals surface area contributed by atoms with Gasteiger partial charge in [-0.15, -0.1) is 0 Å². The number of carbonyl (C=O) groups excluding carboxylic acids is 1. The van der Waals surface area contributed by atoms with Crippen LogP contribution in [-0.2, 0) is 9.53 Å².